The summed E-state index contributed by atoms with van der Waals surface area (Å²) in [6, 6.07) is 14.2. The van der Waals surface area contributed by atoms with Gasteiger partial charge in [0.1, 0.15) is 5.75 Å². The molecule has 2 aromatic carbocycles. The SMILES string of the molecule is CCCCc1ccc(NC(=O)Oc2ccc(CC(C(=O)OC)C(=O)OC)cc2)cc1. The molecule has 2 rings (SSSR count). The average Bonchev–Trinajstić information content (AvgIpc) is 2.77. The number of amides is 1. The molecule has 0 aliphatic heterocycles. The second-order valence-electron chi connectivity index (χ2n) is 6.76. The van der Waals surface area contributed by atoms with Crippen LogP contribution >= 0.6 is 0 Å². The van der Waals surface area contributed by atoms with Crippen molar-refractivity contribution in [1.82, 2.24) is 0 Å². The predicted molar refractivity (Wildman–Crippen MR) is 112 cm³/mol. The Morgan fingerprint density at radius 1 is 0.867 bits per heavy atom. The highest BCUT2D eigenvalue weighted by Gasteiger charge is 2.28. The molecule has 0 heterocycles. The fourth-order valence-corrected chi connectivity index (χ4v) is 2.86. The van der Waals surface area contributed by atoms with E-state index in [0.717, 1.165) is 19.3 Å². The maximum absolute atomic E-state index is 12.1. The number of hydrogen-bond acceptors (Lipinski definition) is 6. The van der Waals surface area contributed by atoms with Crippen molar-refractivity contribution in [2.24, 2.45) is 5.92 Å². The molecular formula is C23H27NO6. The minimum Gasteiger partial charge on any atom is -0.468 e. The van der Waals surface area contributed by atoms with Gasteiger partial charge in [-0.15, -0.1) is 0 Å². The van der Waals surface area contributed by atoms with Gasteiger partial charge in [-0.2, -0.15) is 0 Å². The fourth-order valence-electron chi connectivity index (χ4n) is 2.86. The summed E-state index contributed by atoms with van der Waals surface area (Å²) in [5, 5.41) is 2.68. The van der Waals surface area contributed by atoms with Crippen molar-refractivity contribution in [3.05, 3.63) is 59.7 Å². The van der Waals surface area contributed by atoms with Gasteiger partial charge in [0.05, 0.1) is 14.2 Å². The van der Waals surface area contributed by atoms with Crippen LogP contribution < -0.4 is 10.1 Å². The molecule has 0 aliphatic carbocycles. The van der Waals surface area contributed by atoms with E-state index in [2.05, 4.69) is 21.7 Å². The van der Waals surface area contributed by atoms with E-state index < -0.39 is 23.9 Å². The van der Waals surface area contributed by atoms with Crippen LogP contribution in [0.5, 0.6) is 5.75 Å². The van der Waals surface area contributed by atoms with Gasteiger partial charge in [-0.05, 0) is 54.7 Å². The molecule has 0 aliphatic rings. The first kappa shape index (κ1) is 22.9. The number of methoxy groups -OCH3 is 2. The summed E-state index contributed by atoms with van der Waals surface area (Å²) in [6.45, 7) is 2.15. The number of esters is 2. The number of carbonyl (C=O) groups excluding carboxylic acids is 3. The van der Waals surface area contributed by atoms with Crippen molar-refractivity contribution in [2.75, 3.05) is 19.5 Å². The molecule has 1 amide bonds. The van der Waals surface area contributed by atoms with Gasteiger partial charge in [0, 0.05) is 5.69 Å². The van der Waals surface area contributed by atoms with Crippen molar-refractivity contribution in [1.29, 1.82) is 0 Å². The third kappa shape index (κ3) is 6.92. The zero-order chi connectivity index (χ0) is 21.9. The smallest absolute Gasteiger partial charge is 0.417 e. The highest BCUT2D eigenvalue weighted by molar-refractivity contribution is 5.95. The molecule has 160 valence electrons. The lowest BCUT2D eigenvalue weighted by molar-refractivity contribution is -0.158. The lowest BCUT2D eigenvalue weighted by atomic mass is 9.99. The number of hydrogen-bond donors (Lipinski definition) is 1. The monoisotopic (exact) mass is 413 g/mol. The second kappa shape index (κ2) is 11.6. The largest absolute Gasteiger partial charge is 0.468 e. The molecule has 0 atom stereocenters. The van der Waals surface area contributed by atoms with E-state index in [1.807, 2.05) is 24.3 Å². The maximum Gasteiger partial charge on any atom is 0.417 e. The standard InChI is InChI=1S/C23H27NO6/c1-4-5-6-16-7-11-18(12-8-16)24-23(27)30-19-13-9-17(10-14-19)15-20(21(25)28-2)22(26)29-3/h7-14,20H,4-6,15H2,1-3H3,(H,24,27). The first-order chi connectivity index (χ1) is 14.5. The Balaban J connectivity index is 1.92. The van der Waals surface area contributed by atoms with E-state index in [1.165, 1.54) is 19.8 Å². The Kier molecular flexibility index (Phi) is 8.87. The molecule has 0 unspecified atom stereocenters. The van der Waals surface area contributed by atoms with Crippen LogP contribution in [0, 0.1) is 5.92 Å². The maximum atomic E-state index is 12.1. The number of nitrogens with one attached hydrogen (secondary N) is 1. The van der Waals surface area contributed by atoms with Gasteiger partial charge in [0.25, 0.3) is 0 Å². The number of aryl methyl sites for hydroxylation is 1. The summed E-state index contributed by atoms with van der Waals surface area (Å²) in [7, 11) is 2.43. The van der Waals surface area contributed by atoms with E-state index in [-0.39, 0.29) is 6.42 Å². The van der Waals surface area contributed by atoms with Gasteiger partial charge >= 0.3 is 18.0 Å². The lowest BCUT2D eigenvalue weighted by Gasteiger charge is -2.13. The van der Waals surface area contributed by atoms with E-state index in [0.29, 0.717) is 17.0 Å². The summed E-state index contributed by atoms with van der Waals surface area (Å²) < 4.78 is 14.6. The van der Waals surface area contributed by atoms with E-state index >= 15 is 0 Å². The van der Waals surface area contributed by atoms with Crippen LogP contribution in [0.1, 0.15) is 30.9 Å². The van der Waals surface area contributed by atoms with Crippen LogP contribution in [0.25, 0.3) is 0 Å². The molecule has 0 spiro atoms. The van der Waals surface area contributed by atoms with Crippen molar-refractivity contribution in [3.63, 3.8) is 0 Å². The normalized spacial score (nSPS) is 10.4. The molecule has 2 aromatic rings. The third-order valence-corrected chi connectivity index (χ3v) is 4.56. The van der Waals surface area contributed by atoms with Crippen LogP contribution in [0.15, 0.2) is 48.5 Å². The predicted octanol–water partition coefficient (Wildman–Crippen LogP) is 4.14. The number of ether oxygens (including phenoxy) is 3. The van der Waals surface area contributed by atoms with Gasteiger partial charge in [0.2, 0.25) is 0 Å². The molecule has 0 aromatic heterocycles. The molecule has 0 saturated heterocycles. The number of benzene rings is 2. The van der Waals surface area contributed by atoms with E-state index in [4.69, 9.17) is 4.74 Å². The Labute approximate surface area is 176 Å². The average molecular weight is 413 g/mol. The number of carbonyl (C=O) groups is 3. The van der Waals surface area contributed by atoms with Crippen molar-refractivity contribution in [3.8, 4) is 5.75 Å². The molecule has 0 radical (unpaired) electrons. The molecule has 30 heavy (non-hydrogen) atoms. The van der Waals surface area contributed by atoms with Gasteiger partial charge < -0.3 is 14.2 Å². The Hall–Kier alpha value is -3.35. The van der Waals surface area contributed by atoms with Crippen LogP contribution in [0.2, 0.25) is 0 Å². The summed E-state index contributed by atoms with van der Waals surface area (Å²) in [4.78, 5) is 35.7. The Bertz CT molecular complexity index is 829. The van der Waals surface area contributed by atoms with Gasteiger partial charge in [-0.25, -0.2) is 4.79 Å². The number of anilines is 1. The number of unbranched alkanes of at least 4 members (excludes halogenated alkanes) is 1. The summed E-state index contributed by atoms with van der Waals surface area (Å²) in [5.41, 5.74) is 2.57. The van der Waals surface area contributed by atoms with Gasteiger partial charge in [0.15, 0.2) is 5.92 Å². The topological polar surface area (TPSA) is 90.9 Å². The minimum atomic E-state index is -1.05. The molecule has 1 N–H and O–H groups in total. The molecule has 0 bridgehead atoms. The third-order valence-electron chi connectivity index (χ3n) is 4.56. The van der Waals surface area contributed by atoms with E-state index in [9.17, 15) is 14.4 Å². The van der Waals surface area contributed by atoms with Crippen LogP contribution in [0.3, 0.4) is 0 Å². The van der Waals surface area contributed by atoms with E-state index in [1.54, 1.807) is 24.3 Å². The molecule has 7 nitrogen and oxygen atoms in total. The number of rotatable bonds is 9. The van der Waals surface area contributed by atoms with Crippen molar-refractivity contribution in [2.45, 2.75) is 32.6 Å². The zero-order valence-electron chi connectivity index (χ0n) is 17.5. The highest BCUT2D eigenvalue weighted by Crippen LogP contribution is 2.18. The second-order valence-corrected chi connectivity index (χ2v) is 6.76. The summed E-state index contributed by atoms with van der Waals surface area (Å²) in [6.07, 6.45) is 2.80. The molecule has 0 fully saturated rings. The Morgan fingerprint density at radius 3 is 1.97 bits per heavy atom. The summed E-state index contributed by atoms with van der Waals surface area (Å²) in [5.74, 6) is -2.04. The van der Waals surface area contributed by atoms with Crippen molar-refractivity contribution >= 4 is 23.7 Å². The summed E-state index contributed by atoms with van der Waals surface area (Å²) >= 11 is 0. The first-order valence-electron chi connectivity index (χ1n) is 9.79. The molecule has 0 saturated carbocycles. The van der Waals surface area contributed by atoms with Crippen LogP contribution in [-0.2, 0) is 31.9 Å². The first-order valence-corrected chi connectivity index (χ1v) is 9.79. The Morgan fingerprint density at radius 2 is 1.43 bits per heavy atom. The zero-order valence-corrected chi connectivity index (χ0v) is 17.5. The lowest BCUT2D eigenvalue weighted by Crippen LogP contribution is -2.28. The van der Waals surface area contributed by atoms with Gasteiger partial charge in [-0.1, -0.05) is 37.6 Å². The molecular weight excluding hydrogens is 386 g/mol. The molecule has 7 heteroatoms. The highest BCUT2D eigenvalue weighted by atomic mass is 16.6. The fraction of sp³-hybridized carbons (Fsp3) is 0.348. The minimum absolute atomic E-state index is 0.121. The van der Waals surface area contributed by atoms with Crippen LogP contribution in [-0.4, -0.2) is 32.3 Å². The van der Waals surface area contributed by atoms with Crippen LogP contribution in [0.4, 0.5) is 10.5 Å². The van der Waals surface area contributed by atoms with Gasteiger partial charge in [-0.3, -0.25) is 14.9 Å². The van der Waals surface area contributed by atoms with Crippen molar-refractivity contribution < 1.29 is 28.6 Å². The quantitative estimate of drug-likeness (QED) is 0.491.